The summed E-state index contributed by atoms with van der Waals surface area (Å²) in [6.07, 6.45) is 3.17. The molecule has 88 valence electrons. The van der Waals surface area contributed by atoms with Gasteiger partial charge in [0.15, 0.2) is 6.29 Å². The average molecular weight is 271 g/mol. The number of rotatable bonds is 8. The second-order valence-corrected chi connectivity index (χ2v) is 5.62. The highest BCUT2D eigenvalue weighted by Gasteiger charge is 2.14. The maximum absolute atomic E-state index is 5.51. The summed E-state index contributed by atoms with van der Waals surface area (Å²) < 4.78 is 16.1. The third kappa shape index (κ3) is 7.55. The standard InChI is InChI=1S/C9H16Cl2O3Si/c10-8(11)7-14-15-6-2-5-13-9-3-1-4-12-9/h8-9H,1-7H2. The van der Waals surface area contributed by atoms with Crippen LogP contribution in [0.15, 0.2) is 0 Å². The zero-order valence-electron chi connectivity index (χ0n) is 8.59. The van der Waals surface area contributed by atoms with Crippen LogP contribution in [-0.2, 0) is 13.9 Å². The molecular weight excluding hydrogens is 255 g/mol. The van der Waals surface area contributed by atoms with E-state index in [0.29, 0.717) is 16.4 Å². The molecule has 15 heavy (non-hydrogen) atoms. The van der Waals surface area contributed by atoms with Crippen molar-refractivity contribution in [3.63, 3.8) is 0 Å². The minimum absolute atomic E-state index is 0.0318. The largest absolute Gasteiger partial charge is 0.415 e. The first kappa shape index (κ1) is 13.7. The first-order chi connectivity index (χ1) is 7.29. The van der Waals surface area contributed by atoms with Gasteiger partial charge in [-0.15, -0.1) is 23.2 Å². The van der Waals surface area contributed by atoms with Crippen molar-refractivity contribution in [3.05, 3.63) is 0 Å². The minimum atomic E-state index is -0.416. The molecule has 1 unspecified atom stereocenters. The Bertz CT molecular complexity index is 154. The van der Waals surface area contributed by atoms with E-state index in [2.05, 4.69) is 0 Å². The third-order valence-electron chi connectivity index (χ3n) is 1.93. The summed E-state index contributed by atoms with van der Waals surface area (Å²) in [6, 6.07) is 0.993. The number of halogens is 2. The predicted octanol–water partition coefficient (Wildman–Crippen LogP) is 2.39. The summed E-state index contributed by atoms with van der Waals surface area (Å²) in [4.78, 5) is -0.416. The van der Waals surface area contributed by atoms with Gasteiger partial charge in [-0.05, 0) is 18.9 Å². The molecule has 6 heteroatoms. The molecule has 1 rings (SSSR count). The molecule has 0 spiro atoms. The highest BCUT2D eigenvalue weighted by Crippen LogP contribution is 2.13. The van der Waals surface area contributed by atoms with E-state index in [1.165, 1.54) is 0 Å². The van der Waals surface area contributed by atoms with Crippen LogP contribution in [0.3, 0.4) is 0 Å². The minimum Gasteiger partial charge on any atom is -0.415 e. The van der Waals surface area contributed by atoms with E-state index < -0.39 is 4.84 Å². The van der Waals surface area contributed by atoms with E-state index >= 15 is 0 Å². The van der Waals surface area contributed by atoms with Crippen molar-refractivity contribution >= 4 is 33.0 Å². The van der Waals surface area contributed by atoms with Crippen LogP contribution < -0.4 is 0 Å². The molecule has 0 amide bonds. The van der Waals surface area contributed by atoms with Gasteiger partial charge < -0.3 is 13.9 Å². The lowest BCUT2D eigenvalue weighted by Gasteiger charge is -2.10. The zero-order valence-corrected chi connectivity index (χ0v) is 11.1. The van der Waals surface area contributed by atoms with Gasteiger partial charge in [0.25, 0.3) is 0 Å². The monoisotopic (exact) mass is 270 g/mol. The number of alkyl halides is 2. The molecule has 1 heterocycles. The summed E-state index contributed by atoms with van der Waals surface area (Å²) in [5, 5.41) is 0. The average Bonchev–Trinajstić information content (AvgIpc) is 2.68. The van der Waals surface area contributed by atoms with Crippen LogP contribution in [0.1, 0.15) is 19.3 Å². The SMILES string of the molecule is ClC(Cl)CO[Si]CCCOC1CCCO1. The zero-order chi connectivity index (χ0) is 10.9. The quantitative estimate of drug-likeness (QED) is 0.385. The Hall–Kier alpha value is 0.677. The molecule has 2 radical (unpaired) electrons. The highest BCUT2D eigenvalue weighted by atomic mass is 35.5. The van der Waals surface area contributed by atoms with Gasteiger partial charge in [0.2, 0.25) is 9.76 Å². The van der Waals surface area contributed by atoms with Gasteiger partial charge in [0.1, 0.15) is 4.84 Å². The van der Waals surface area contributed by atoms with E-state index in [1.807, 2.05) is 0 Å². The second kappa shape index (κ2) is 8.79. The Balaban J connectivity index is 1.76. The Morgan fingerprint density at radius 2 is 2.33 bits per heavy atom. The lowest BCUT2D eigenvalue weighted by molar-refractivity contribution is -0.110. The van der Waals surface area contributed by atoms with Crippen molar-refractivity contribution in [2.45, 2.75) is 36.4 Å². The maximum atomic E-state index is 5.51. The van der Waals surface area contributed by atoms with Gasteiger partial charge >= 0.3 is 0 Å². The Morgan fingerprint density at radius 3 is 3.00 bits per heavy atom. The van der Waals surface area contributed by atoms with Gasteiger partial charge in [-0.2, -0.15) is 0 Å². The second-order valence-electron chi connectivity index (χ2n) is 3.26. The number of hydrogen-bond donors (Lipinski definition) is 0. The van der Waals surface area contributed by atoms with E-state index in [1.54, 1.807) is 0 Å². The molecule has 1 fully saturated rings. The van der Waals surface area contributed by atoms with Gasteiger partial charge in [-0.1, -0.05) is 0 Å². The van der Waals surface area contributed by atoms with Crippen LogP contribution in [0.4, 0.5) is 0 Å². The lowest BCUT2D eigenvalue weighted by atomic mass is 10.4. The molecule has 0 aromatic rings. The molecule has 1 aliphatic heterocycles. The molecule has 3 nitrogen and oxygen atoms in total. The smallest absolute Gasteiger partial charge is 0.229 e. The first-order valence-electron chi connectivity index (χ1n) is 5.15. The fourth-order valence-corrected chi connectivity index (χ4v) is 2.29. The van der Waals surface area contributed by atoms with Crippen LogP contribution in [0.5, 0.6) is 0 Å². The third-order valence-corrected chi connectivity index (χ3v) is 3.11. The van der Waals surface area contributed by atoms with Crippen molar-refractivity contribution in [1.82, 2.24) is 0 Å². The number of hydrogen-bond acceptors (Lipinski definition) is 3. The van der Waals surface area contributed by atoms with Gasteiger partial charge in [0.05, 0.1) is 6.61 Å². The summed E-state index contributed by atoms with van der Waals surface area (Å²) in [5.41, 5.74) is 0. The predicted molar refractivity (Wildman–Crippen MR) is 61.6 cm³/mol. The van der Waals surface area contributed by atoms with E-state index in [-0.39, 0.29) is 6.29 Å². The van der Waals surface area contributed by atoms with Crippen LogP contribution in [0.2, 0.25) is 6.04 Å². The number of ether oxygens (including phenoxy) is 2. The molecule has 0 aromatic carbocycles. The van der Waals surface area contributed by atoms with E-state index in [9.17, 15) is 0 Å². The molecule has 0 N–H and O–H groups in total. The van der Waals surface area contributed by atoms with Crippen LogP contribution in [-0.4, -0.2) is 40.7 Å². The highest BCUT2D eigenvalue weighted by molar-refractivity contribution is 6.44. The molecule has 1 aliphatic rings. The molecule has 0 saturated carbocycles. The van der Waals surface area contributed by atoms with Crippen LogP contribution in [0.25, 0.3) is 0 Å². The van der Waals surface area contributed by atoms with Crippen molar-refractivity contribution in [3.8, 4) is 0 Å². The Labute approximate surface area is 103 Å². The summed E-state index contributed by atoms with van der Waals surface area (Å²) in [6.45, 7) is 1.99. The van der Waals surface area contributed by atoms with Crippen molar-refractivity contribution in [2.24, 2.45) is 0 Å². The fourth-order valence-electron chi connectivity index (χ4n) is 1.23. The molecule has 0 bridgehead atoms. The summed E-state index contributed by atoms with van der Waals surface area (Å²) in [7, 11) is 0.456. The van der Waals surface area contributed by atoms with E-state index in [4.69, 9.17) is 37.1 Å². The normalized spacial score (nSPS) is 21.4. The molecule has 0 aromatic heterocycles. The summed E-state index contributed by atoms with van der Waals surface area (Å²) >= 11 is 11.0. The van der Waals surface area contributed by atoms with Gasteiger partial charge in [-0.25, -0.2) is 0 Å². The topological polar surface area (TPSA) is 27.7 Å². The van der Waals surface area contributed by atoms with Crippen molar-refractivity contribution in [1.29, 1.82) is 0 Å². The first-order valence-corrected chi connectivity index (χ1v) is 7.14. The summed E-state index contributed by atoms with van der Waals surface area (Å²) in [5.74, 6) is 0. The lowest BCUT2D eigenvalue weighted by Crippen LogP contribution is -2.12. The van der Waals surface area contributed by atoms with Crippen LogP contribution >= 0.6 is 23.2 Å². The maximum Gasteiger partial charge on any atom is 0.229 e. The molecular formula is C9H16Cl2O3Si. The molecule has 1 atom stereocenters. The van der Waals surface area contributed by atoms with E-state index in [0.717, 1.165) is 38.5 Å². The Kier molecular flexibility index (Phi) is 8.05. The van der Waals surface area contributed by atoms with Crippen LogP contribution in [0, 0.1) is 0 Å². The van der Waals surface area contributed by atoms with Crippen molar-refractivity contribution < 1.29 is 13.9 Å². The van der Waals surface area contributed by atoms with Gasteiger partial charge in [-0.3, -0.25) is 0 Å². The Morgan fingerprint density at radius 1 is 1.47 bits per heavy atom. The molecule has 0 aliphatic carbocycles. The molecule has 1 saturated heterocycles. The van der Waals surface area contributed by atoms with Crippen molar-refractivity contribution in [2.75, 3.05) is 19.8 Å². The fraction of sp³-hybridized carbons (Fsp3) is 1.00. The van der Waals surface area contributed by atoms with Gasteiger partial charge in [0, 0.05) is 19.6 Å².